The molecular weight excluding hydrogens is 402 g/mol. The van der Waals surface area contributed by atoms with Gasteiger partial charge in [-0.2, -0.15) is 5.06 Å². The van der Waals surface area contributed by atoms with Gasteiger partial charge < -0.3 is 10.2 Å². The maximum absolute atomic E-state index is 12.6. The maximum atomic E-state index is 12.6. The van der Waals surface area contributed by atoms with Crippen LogP contribution in [0.2, 0.25) is 5.02 Å². The molecule has 8 heteroatoms. The minimum Gasteiger partial charge on any atom is -0.329 e. The van der Waals surface area contributed by atoms with Crippen molar-refractivity contribution < 1.29 is 10.0 Å². The molecule has 0 aliphatic carbocycles. The van der Waals surface area contributed by atoms with Crippen LogP contribution in [0.3, 0.4) is 0 Å². The Kier molecular flexibility index (Phi) is 5.95. The Bertz CT molecular complexity index is 848. The van der Waals surface area contributed by atoms with Crippen LogP contribution >= 0.6 is 35.6 Å². The zero-order valence-electron chi connectivity index (χ0n) is 14.9. The van der Waals surface area contributed by atoms with Gasteiger partial charge in [0.2, 0.25) is 0 Å². The molecule has 0 unspecified atom stereocenters. The number of thiocarbonyl (C=S) groups is 1. The fraction of sp³-hybridized carbons (Fsp3) is 0.263. The largest absolute Gasteiger partial charge is 0.347 e. The average Bonchev–Trinajstić information content (AvgIpc) is 2.83. The number of thioether (sulfide) groups is 1. The first-order valence-electron chi connectivity index (χ1n) is 8.36. The van der Waals surface area contributed by atoms with Gasteiger partial charge in [-0.15, -0.1) is 0 Å². The van der Waals surface area contributed by atoms with Crippen LogP contribution in [0.4, 0.5) is 10.5 Å². The molecule has 5 nitrogen and oxygen atoms in total. The van der Waals surface area contributed by atoms with Crippen molar-refractivity contribution in [2.24, 2.45) is 0 Å². The molecule has 1 aliphatic heterocycles. The summed E-state index contributed by atoms with van der Waals surface area (Å²) in [6, 6.07) is 15.9. The van der Waals surface area contributed by atoms with Crippen molar-refractivity contribution in [1.82, 2.24) is 9.96 Å². The van der Waals surface area contributed by atoms with E-state index in [4.69, 9.17) is 23.8 Å². The number of halogens is 1. The van der Waals surface area contributed by atoms with Crippen LogP contribution in [0.25, 0.3) is 0 Å². The Morgan fingerprint density at radius 2 is 2.00 bits per heavy atom. The quantitative estimate of drug-likeness (QED) is 0.403. The van der Waals surface area contributed by atoms with Crippen LogP contribution in [0.1, 0.15) is 19.4 Å². The average molecular weight is 422 g/mol. The first-order valence-corrected chi connectivity index (χ1v) is 9.96. The van der Waals surface area contributed by atoms with E-state index in [0.717, 1.165) is 10.6 Å². The van der Waals surface area contributed by atoms with E-state index in [1.807, 2.05) is 49.1 Å². The lowest BCUT2D eigenvalue weighted by Gasteiger charge is -2.36. The Morgan fingerprint density at radius 1 is 1.30 bits per heavy atom. The number of amides is 2. The standard InChI is InChI=1S/C19H20ClN3O2S2/c1-19(2)16(22(18(26)27-19)12-13-7-4-3-5-8-13)23(25)17(24)21-15-10-6-9-14(20)11-15/h3-11,16,25H,12H2,1-2H3,(H,21,24)/t16-/m1/s1. The molecule has 2 aromatic rings. The van der Waals surface area contributed by atoms with Crippen LogP contribution in [0.15, 0.2) is 54.6 Å². The Hall–Kier alpha value is -1.80. The maximum Gasteiger partial charge on any atom is 0.347 e. The summed E-state index contributed by atoms with van der Waals surface area (Å²) < 4.78 is 0.162. The predicted molar refractivity (Wildman–Crippen MR) is 114 cm³/mol. The molecule has 1 aliphatic rings. The summed E-state index contributed by atoms with van der Waals surface area (Å²) in [6.45, 7) is 4.41. The second-order valence-corrected chi connectivity index (χ2v) is 9.47. The van der Waals surface area contributed by atoms with Crippen molar-refractivity contribution >= 4 is 51.6 Å². The van der Waals surface area contributed by atoms with Crippen LogP contribution in [-0.4, -0.2) is 36.4 Å². The fourth-order valence-electron chi connectivity index (χ4n) is 3.03. The molecule has 142 valence electrons. The van der Waals surface area contributed by atoms with Gasteiger partial charge in [-0.3, -0.25) is 5.21 Å². The van der Waals surface area contributed by atoms with Gasteiger partial charge in [0.25, 0.3) is 0 Å². The third-order valence-electron chi connectivity index (χ3n) is 4.21. The van der Waals surface area contributed by atoms with Crippen LogP contribution in [-0.2, 0) is 6.54 Å². The molecule has 0 saturated carbocycles. The van der Waals surface area contributed by atoms with Gasteiger partial charge in [0.05, 0.1) is 4.75 Å². The molecule has 0 radical (unpaired) electrons. The molecule has 1 atom stereocenters. The highest BCUT2D eigenvalue weighted by Gasteiger charge is 2.49. The molecule has 1 heterocycles. The number of carbonyl (C=O) groups excluding carboxylic acids is 1. The fourth-order valence-corrected chi connectivity index (χ4v) is 5.09. The van der Waals surface area contributed by atoms with Gasteiger partial charge >= 0.3 is 6.03 Å². The van der Waals surface area contributed by atoms with Crippen molar-refractivity contribution in [2.75, 3.05) is 5.32 Å². The number of anilines is 1. The lowest BCUT2D eigenvalue weighted by Crippen LogP contribution is -2.55. The van der Waals surface area contributed by atoms with E-state index in [1.165, 1.54) is 11.8 Å². The van der Waals surface area contributed by atoms with Gasteiger partial charge in [0, 0.05) is 17.3 Å². The molecule has 0 bridgehead atoms. The number of hydroxylamine groups is 2. The van der Waals surface area contributed by atoms with E-state index < -0.39 is 16.9 Å². The predicted octanol–water partition coefficient (Wildman–Crippen LogP) is 5.20. The number of nitrogens with one attached hydrogen (secondary N) is 1. The summed E-state index contributed by atoms with van der Waals surface area (Å²) in [6.07, 6.45) is -0.616. The summed E-state index contributed by atoms with van der Waals surface area (Å²) in [5.74, 6) is 0. The topological polar surface area (TPSA) is 55.8 Å². The SMILES string of the molecule is CC1(C)SC(=S)N(Cc2ccccc2)[C@@H]1N(O)C(=O)Nc1cccc(Cl)c1. The normalized spacial score (nSPS) is 18.4. The highest BCUT2D eigenvalue weighted by atomic mass is 35.5. The molecule has 0 aromatic heterocycles. The van der Waals surface area contributed by atoms with E-state index in [0.29, 0.717) is 21.6 Å². The van der Waals surface area contributed by atoms with E-state index in [9.17, 15) is 10.0 Å². The number of urea groups is 1. The summed E-state index contributed by atoms with van der Waals surface area (Å²) in [4.78, 5) is 14.5. The minimum absolute atomic E-state index is 0.480. The summed E-state index contributed by atoms with van der Waals surface area (Å²) in [7, 11) is 0. The van der Waals surface area contributed by atoms with Crippen LogP contribution in [0.5, 0.6) is 0 Å². The smallest absolute Gasteiger partial charge is 0.329 e. The minimum atomic E-state index is -0.640. The summed E-state index contributed by atoms with van der Waals surface area (Å²) in [5, 5.41) is 14.6. The Labute approximate surface area is 173 Å². The lowest BCUT2D eigenvalue weighted by molar-refractivity contribution is -0.115. The summed E-state index contributed by atoms with van der Waals surface area (Å²) in [5.41, 5.74) is 1.55. The molecule has 1 fully saturated rings. The highest BCUT2D eigenvalue weighted by Crippen LogP contribution is 2.43. The molecule has 3 rings (SSSR count). The van der Waals surface area contributed by atoms with Gasteiger partial charge in [0.15, 0.2) is 0 Å². The number of hydrogen-bond acceptors (Lipinski definition) is 4. The van der Waals surface area contributed by atoms with E-state index in [1.54, 1.807) is 24.3 Å². The van der Waals surface area contributed by atoms with Crippen molar-refractivity contribution in [3.05, 3.63) is 65.2 Å². The second kappa shape index (κ2) is 8.06. The molecule has 2 aromatic carbocycles. The molecule has 1 saturated heterocycles. The van der Waals surface area contributed by atoms with Crippen molar-refractivity contribution in [3.8, 4) is 0 Å². The van der Waals surface area contributed by atoms with E-state index >= 15 is 0 Å². The number of rotatable bonds is 4. The molecular formula is C19H20ClN3O2S2. The monoisotopic (exact) mass is 421 g/mol. The zero-order chi connectivity index (χ0) is 19.6. The van der Waals surface area contributed by atoms with Gasteiger partial charge in [-0.05, 0) is 37.6 Å². The molecule has 0 spiro atoms. The van der Waals surface area contributed by atoms with Gasteiger partial charge in [-0.1, -0.05) is 72.0 Å². The van der Waals surface area contributed by atoms with Crippen LogP contribution in [0, 0.1) is 0 Å². The third-order valence-corrected chi connectivity index (χ3v) is 6.08. The molecule has 2 amide bonds. The highest BCUT2D eigenvalue weighted by molar-refractivity contribution is 8.24. The number of nitrogens with zero attached hydrogens (tertiary/aromatic N) is 2. The molecule has 2 N–H and O–H groups in total. The summed E-state index contributed by atoms with van der Waals surface area (Å²) >= 11 is 12.9. The van der Waals surface area contributed by atoms with Crippen LogP contribution < -0.4 is 5.32 Å². The lowest BCUT2D eigenvalue weighted by atomic mass is 10.1. The van der Waals surface area contributed by atoms with E-state index in [2.05, 4.69) is 5.32 Å². The van der Waals surface area contributed by atoms with Crippen molar-refractivity contribution in [3.63, 3.8) is 0 Å². The first-order chi connectivity index (χ1) is 12.8. The van der Waals surface area contributed by atoms with Crippen molar-refractivity contribution in [1.29, 1.82) is 0 Å². The second-order valence-electron chi connectivity index (χ2n) is 6.74. The number of carbonyl (C=O) groups is 1. The Morgan fingerprint density at radius 3 is 2.67 bits per heavy atom. The third kappa shape index (κ3) is 4.55. The zero-order valence-corrected chi connectivity index (χ0v) is 17.3. The van der Waals surface area contributed by atoms with Crippen molar-refractivity contribution in [2.45, 2.75) is 31.3 Å². The number of benzene rings is 2. The Balaban J connectivity index is 1.81. The number of hydrogen-bond donors (Lipinski definition) is 2. The molecule has 27 heavy (non-hydrogen) atoms. The van der Waals surface area contributed by atoms with Gasteiger partial charge in [-0.25, -0.2) is 4.79 Å². The van der Waals surface area contributed by atoms with Gasteiger partial charge in [0.1, 0.15) is 10.5 Å². The first kappa shape index (κ1) is 19.9. The van der Waals surface area contributed by atoms with E-state index in [-0.39, 0.29) is 0 Å².